The number of methoxy groups -OCH3 is 1. The van der Waals surface area contributed by atoms with E-state index in [1.165, 1.54) is 6.92 Å². The summed E-state index contributed by atoms with van der Waals surface area (Å²) >= 11 is 0. The largest absolute Gasteiger partial charge is 0.465 e. The van der Waals surface area contributed by atoms with Gasteiger partial charge in [0, 0.05) is 6.92 Å². The molecular weight excluding hydrogens is 238 g/mol. The van der Waals surface area contributed by atoms with E-state index in [2.05, 4.69) is 9.72 Å². The lowest BCUT2D eigenvalue weighted by molar-refractivity contribution is -0.391. The third-order valence-electron chi connectivity index (χ3n) is 2.03. The van der Waals surface area contributed by atoms with Crippen LogP contribution in [0.1, 0.15) is 28.0 Å². The van der Waals surface area contributed by atoms with Crippen molar-refractivity contribution in [1.82, 2.24) is 4.98 Å². The highest BCUT2D eigenvalue weighted by molar-refractivity contribution is 5.90. The molecule has 1 heterocycles. The number of pyridine rings is 1. The Morgan fingerprint density at radius 2 is 2.18 bits per heavy atom. The summed E-state index contributed by atoms with van der Waals surface area (Å²) in [6.45, 7) is 1.30. The molecule has 0 fully saturated rings. The molecule has 1 rings (SSSR count). The number of carbonyl (C=O) groups excluding carboxylic acids is 1. The van der Waals surface area contributed by atoms with Crippen molar-refractivity contribution >= 4 is 11.8 Å². The highest BCUT2D eigenvalue weighted by Crippen LogP contribution is 2.29. The Morgan fingerprint density at radius 1 is 1.59 bits per heavy atom. The van der Waals surface area contributed by atoms with Gasteiger partial charge in [-0.1, -0.05) is 0 Å². The third kappa shape index (κ3) is 2.52. The number of esters is 1. The predicted molar refractivity (Wildman–Crippen MR) is 51.9 cm³/mol. The van der Waals surface area contributed by atoms with Gasteiger partial charge in [0.25, 0.3) is 6.43 Å². The van der Waals surface area contributed by atoms with E-state index in [1.807, 2.05) is 0 Å². The van der Waals surface area contributed by atoms with E-state index in [0.29, 0.717) is 0 Å². The van der Waals surface area contributed by atoms with Crippen LogP contribution in [0.2, 0.25) is 0 Å². The Labute approximate surface area is 94.4 Å². The third-order valence-corrected chi connectivity index (χ3v) is 2.03. The van der Waals surface area contributed by atoms with E-state index in [-0.39, 0.29) is 11.3 Å². The summed E-state index contributed by atoms with van der Waals surface area (Å²) in [6, 6.07) is 0.733. The van der Waals surface area contributed by atoms with Gasteiger partial charge >= 0.3 is 11.8 Å². The van der Waals surface area contributed by atoms with E-state index in [9.17, 15) is 23.7 Å². The van der Waals surface area contributed by atoms with E-state index in [0.717, 1.165) is 13.2 Å². The maximum atomic E-state index is 12.6. The van der Waals surface area contributed by atoms with Crippen molar-refractivity contribution < 1.29 is 23.2 Å². The maximum Gasteiger partial charge on any atom is 0.372 e. The van der Waals surface area contributed by atoms with Crippen LogP contribution in [0.25, 0.3) is 0 Å². The molecule has 1 aromatic rings. The van der Waals surface area contributed by atoms with Gasteiger partial charge < -0.3 is 14.9 Å². The van der Waals surface area contributed by atoms with E-state index >= 15 is 0 Å². The summed E-state index contributed by atoms with van der Waals surface area (Å²) in [5, 5.41) is 10.5. The normalized spacial score (nSPS) is 10.4. The number of nitrogens with zero attached hydrogens (tertiary/aromatic N) is 2. The minimum absolute atomic E-state index is 0.0343. The molecule has 8 heteroatoms. The van der Waals surface area contributed by atoms with Crippen molar-refractivity contribution in [3.63, 3.8) is 0 Å². The van der Waals surface area contributed by atoms with Crippen molar-refractivity contribution in [3.05, 3.63) is 33.0 Å². The molecule has 0 aliphatic heterocycles. The Kier molecular flexibility index (Phi) is 3.66. The Bertz CT molecular complexity index is 476. The molecule has 0 bridgehead atoms. The Balaban J connectivity index is 3.45. The van der Waals surface area contributed by atoms with Crippen LogP contribution in [0.3, 0.4) is 0 Å². The molecule has 0 radical (unpaired) electrons. The van der Waals surface area contributed by atoms with Gasteiger partial charge in [-0.05, 0) is 16.0 Å². The van der Waals surface area contributed by atoms with Crippen LogP contribution in [0.15, 0.2) is 6.07 Å². The minimum atomic E-state index is -3.09. The average Bonchev–Trinajstić information content (AvgIpc) is 2.27. The summed E-state index contributed by atoms with van der Waals surface area (Å²) in [7, 11) is 1.07. The quantitative estimate of drug-likeness (QED) is 0.463. The number of aryl methyl sites for hydroxylation is 1. The zero-order chi connectivity index (χ0) is 13.2. The van der Waals surface area contributed by atoms with E-state index in [1.54, 1.807) is 0 Å². The molecule has 0 N–H and O–H groups in total. The van der Waals surface area contributed by atoms with E-state index < -0.39 is 28.7 Å². The summed E-state index contributed by atoms with van der Waals surface area (Å²) in [4.78, 5) is 24.1. The molecule has 17 heavy (non-hydrogen) atoms. The highest BCUT2D eigenvalue weighted by atomic mass is 19.3. The number of aromatic nitrogens is 1. The van der Waals surface area contributed by atoms with Crippen LogP contribution in [0, 0.1) is 17.0 Å². The molecule has 0 aliphatic carbocycles. The first-order valence-corrected chi connectivity index (χ1v) is 4.40. The van der Waals surface area contributed by atoms with Crippen molar-refractivity contribution in [2.24, 2.45) is 0 Å². The van der Waals surface area contributed by atoms with Crippen molar-refractivity contribution in [3.8, 4) is 0 Å². The van der Waals surface area contributed by atoms with Crippen LogP contribution in [0.5, 0.6) is 0 Å². The van der Waals surface area contributed by atoms with Crippen LogP contribution in [-0.2, 0) is 4.74 Å². The first-order valence-electron chi connectivity index (χ1n) is 4.40. The lowest BCUT2D eigenvalue weighted by Crippen LogP contribution is -2.09. The van der Waals surface area contributed by atoms with Crippen molar-refractivity contribution in [2.45, 2.75) is 13.3 Å². The first kappa shape index (κ1) is 12.9. The molecule has 0 amide bonds. The first-order chi connectivity index (χ1) is 7.88. The molecule has 0 spiro atoms. The van der Waals surface area contributed by atoms with Crippen molar-refractivity contribution in [2.75, 3.05) is 7.11 Å². The van der Waals surface area contributed by atoms with Crippen LogP contribution in [0.4, 0.5) is 14.6 Å². The fourth-order valence-electron chi connectivity index (χ4n) is 1.23. The fraction of sp³-hybridized carbons (Fsp3) is 0.333. The van der Waals surface area contributed by atoms with Gasteiger partial charge in [0.05, 0.1) is 7.11 Å². The number of nitro groups is 1. The van der Waals surface area contributed by atoms with Gasteiger partial charge in [-0.2, -0.15) is 0 Å². The molecule has 0 saturated heterocycles. The van der Waals surface area contributed by atoms with Crippen LogP contribution >= 0.6 is 0 Å². The second-order valence-corrected chi connectivity index (χ2v) is 3.08. The monoisotopic (exact) mass is 246 g/mol. The summed E-state index contributed by atoms with van der Waals surface area (Å²) in [5.41, 5.74) is -1.15. The minimum Gasteiger partial charge on any atom is -0.465 e. The lowest BCUT2D eigenvalue weighted by atomic mass is 10.1. The fourth-order valence-corrected chi connectivity index (χ4v) is 1.23. The number of rotatable bonds is 3. The SMILES string of the molecule is COC(=O)c1cc(C(F)F)c([N+](=O)[O-])nc1C. The average molecular weight is 246 g/mol. The molecule has 6 nitrogen and oxygen atoms in total. The molecular formula is C9H8F2N2O4. The zero-order valence-corrected chi connectivity index (χ0v) is 8.94. The predicted octanol–water partition coefficient (Wildman–Crippen LogP) is 2.02. The molecule has 1 aromatic heterocycles. The summed E-state index contributed by atoms with van der Waals surface area (Å²) < 4.78 is 29.5. The van der Waals surface area contributed by atoms with Crippen molar-refractivity contribution in [1.29, 1.82) is 0 Å². The molecule has 0 unspecified atom stereocenters. The number of hydrogen-bond acceptors (Lipinski definition) is 5. The van der Waals surface area contributed by atoms with Crippen LogP contribution in [-0.4, -0.2) is 23.0 Å². The number of carbonyl (C=O) groups is 1. The smallest absolute Gasteiger partial charge is 0.372 e. The molecule has 0 saturated carbocycles. The Morgan fingerprint density at radius 3 is 2.59 bits per heavy atom. The molecule has 0 aliphatic rings. The van der Waals surface area contributed by atoms with Gasteiger partial charge in [0.15, 0.2) is 5.69 Å². The van der Waals surface area contributed by atoms with Gasteiger partial charge in [-0.25, -0.2) is 13.6 Å². The zero-order valence-electron chi connectivity index (χ0n) is 8.94. The Hall–Kier alpha value is -2.12. The second kappa shape index (κ2) is 4.81. The molecule has 92 valence electrons. The second-order valence-electron chi connectivity index (χ2n) is 3.08. The number of alkyl halides is 2. The van der Waals surface area contributed by atoms with Gasteiger partial charge in [0.2, 0.25) is 0 Å². The number of ether oxygens (including phenoxy) is 1. The number of halogens is 2. The summed E-state index contributed by atoms with van der Waals surface area (Å²) in [6.07, 6.45) is -3.09. The van der Waals surface area contributed by atoms with Crippen LogP contribution < -0.4 is 0 Å². The summed E-state index contributed by atoms with van der Waals surface area (Å²) in [5.74, 6) is -1.82. The standard InChI is InChI=1S/C9H8F2N2O4/c1-4-5(9(14)17-2)3-6(7(10)11)8(12-4)13(15)16/h3,7H,1-2H3. The molecule has 0 atom stereocenters. The topological polar surface area (TPSA) is 82.3 Å². The van der Waals surface area contributed by atoms with Gasteiger partial charge in [-0.3, -0.25) is 0 Å². The highest BCUT2D eigenvalue weighted by Gasteiger charge is 2.28. The van der Waals surface area contributed by atoms with Gasteiger partial charge in [-0.15, -0.1) is 0 Å². The number of hydrogen-bond donors (Lipinski definition) is 0. The maximum absolute atomic E-state index is 12.6. The molecule has 0 aromatic carbocycles. The lowest BCUT2D eigenvalue weighted by Gasteiger charge is -2.05. The van der Waals surface area contributed by atoms with Gasteiger partial charge in [0.1, 0.15) is 11.1 Å². The van der Waals surface area contributed by atoms with E-state index in [4.69, 9.17) is 0 Å².